The summed E-state index contributed by atoms with van der Waals surface area (Å²) in [6.45, 7) is 0.343. The summed E-state index contributed by atoms with van der Waals surface area (Å²) >= 11 is 5.78. The summed E-state index contributed by atoms with van der Waals surface area (Å²) in [5, 5.41) is 0.112. The van der Waals surface area contributed by atoms with Crippen molar-refractivity contribution in [1.82, 2.24) is 9.97 Å². The number of nitrogens with zero attached hydrogens (tertiary/aromatic N) is 3. The molecule has 0 bridgehead atoms. The van der Waals surface area contributed by atoms with Gasteiger partial charge in [-0.1, -0.05) is 30.3 Å². The van der Waals surface area contributed by atoms with Gasteiger partial charge in [0.05, 0.1) is 6.04 Å². The summed E-state index contributed by atoms with van der Waals surface area (Å²) in [5.41, 5.74) is 1.14. The van der Waals surface area contributed by atoms with Crippen LogP contribution in [0.5, 0.6) is 0 Å². The van der Waals surface area contributed by atoms with E-state index in [2.05, 4.69) is 9.97 Å². The summed E-state index contributed by atoms with van der Waals surface area (Å²) in [6.07, 6.45) is 1.82. The van der Waals surface area contributed by atoms with E-state index in [1.54, 1.807) is 6.07 Å². The van der Waals surface area contributed by atoms with Gasteiger partial charge in [-0.05, 0) is 29.7 Å². The molecule has 0 saturated carbocycles. The van der Waals surface area contributed by atoms with Crippen molar-refractivity contribution in [2.75, 3.05) is 11.5 Å². The minimum absolute atomic E-state index is 0.0872. The molecule has 1 saturated heterocycles. The van der Waals surface area contributed by atoms with E-state index in [0.29, 0.717) is 18.8 Å². The SMILES string of the molecule is O=C1OC[C@@H](Cc2ccccc2)N1c1ccnc(Cl)n1. The van der Waals surface area contributed by atoms with E-state index >= 15 is 0 Å². The van der Waals surface area contributed by atoms with Gasteiger partial charge in [-0.25, -0.2) is 14.8 Å². The van der Waals surface area contributed by atoms with Crippen molar-refractivity contribution >= 4 is 23.5 Å². The monoisotopic (exact) mass is 289 g/mol. The Bertz CT molecular complexity index is 621. The van der Waals surface area contributed by atoms with E-state index in [4.69, 9.17) is 16.3 Å². The van der Waals surface area contributed by atoms with Crippen LogP contribution in [0.25, 0.3) is 0 Å². The fourth-order valence-corrected chi connectivity index (χ4v) is 2.38. The van der Waals surface area contributed by atoms with Crippen LogP contribution in [0, 0.1) is 0 Å². The first kappa shape index (κ1) is 12.9. The van der Waals surface area contributed by atoms with Crippen molar-refractivity contribution in [3.05, 3.63) is 53.4 Å². The number of benzene rings is 1. The highest BCUT2D eigenvalue weighted by Gasteiger charge is 2.35. The molecule has 0 spiro atoms. The van der Waals surface area contributed by atoms with Crippen LogP contribution in [0.15, 0.2) is 42.6 Å². The Morgan fingerprint density at radius 1 is 1.30 bits per heavy atom. The summed E-state index contributed by atoms with van der Waals surface area (Å²) in [6, 6.07) is 11.5. The molecule has 0 aliphatic carbocycles. The molecular formula is C14H12ClN3O2. The average molecular weight is 290 g/mol. The number of carbonyl (C=O) groups is 1. The van der Waals surface area contributed by atoms with Crippen LogP contribution in [0.1, 0.15) is 5.56 Å². The van der Waals surface area contributed by atoms with Crippen LogP contribution in [-0.2, 0) is 11.2 Å². The maximum atomic E-state index is 11.9. The second-order valence-electron chi connectivity index (χ2n) is 4.47. The Hall–Kier alpha value is -2.14. The standard InChI is InChI=1S/C14H12ClN3O2/c15-13-16-7-6-12(17-13)18-11(9-20-14(18)19)8-10-4-2-1-3-5-10/h1-7,11H,8-9H2/t11-/m1/s1. The molecule has 1 aromatic carbocycles. The fraction of sp³-hybridized carbons (Fsp3) is 0.214. The van der Waals surface area contributed by atoms with Gasteiger partial charge in [0.1, 0.15) is 12.4 Å². The number of rotatable bonds is 3. The molecule has 0 radical (unpaired) electrons. The third-order valence-electron chi connectivity index (χ3n) is 3.13. The quantitative estimate of drug-likeness (QED) is 0.815. The molecule has 1 fully saturated rings. The summed E-state index contributed by atoms with van der Waals surface area (Å²) in [4.78, 5) is 21.3. The maximum Gasteiger partial charge on any atom is 0.415 e. The zero-order chi connectivity index (χ0) is 13.9. The number of halogens is 1. The number of amides is 1. The average Bonchev–Trinajstić information content (AvgIpc) is 2.81. The predicted octanol–water partition coefficient (Wildman–Crippen LogP) is 2.70. The minimum atomic E-state index is -0.402. The number of hydrogen-bond donors (Lipinski definition) is 0. The summed E-state index contributed by atoms with van der Waals surface area (Å²) in [7, 11) is 0. The lowest BCUT2D eigenvalue weighted by atomic mass is 10.1. The van der Waals surface area contributed by atoms with Crippen LogP contribution >= 0.6 is 11.6 Å². The van der Waals surface area contributed by atoms with Gasteiger partial charge in [0.25, 0.3) is 0 Å². The predicted molar refractivity (Wildman–Crippen MR) is 74.8 cm³/mol. The van der Waals surface area contributed by atoms with Crippen molar-refractivity contribution in [2.45, 2.75) is 12.5 Å². The van der Waals surface area contributed by atoms with Gasteiger partial charge in [0.15, 0.2) is 0 Å². The van der Waals surface area contributed by atoms with Gasteiger partial charge in [-0.2, -0.15) is 0 Å². The Kier molecular flexibility index (Phi) is 3.52. The molecule has 0 unspecified atom stereocenters. The van der Waals surface area contributed by atoms with E-state index in [9.17, 15) is 4.79 Å². The molecule has 1 aromatic heterocycles. The van der Waals surface area contributed by atoms with Gasteiger partial charge in [-0.15, -0.1) is 0 Å². The number of aromatic nitrogens is 2. The van der Waals surface area contributed by atoms with Gasteiger partial charge in [0.2, 0.25) is 5.28 Å². The van der Waals surface area contributed by atoms with Crippen LogP contribution < -0.4 is 4.90 Å². The lowest BCUT2D eigenvalue weighted by Gasteiger charge is -2.20. The molecule has 5 nitrogen and oxygen atoms in total. The number of anilines is 1. The van der Waals surface area contributed by atoms with Crippen molar-refractivity contribution in [2.24, 2.45) is 0 Å². The third kappa shape index (κ3) is 2.58. The van der Waals surface area contributed by atoms with Gasteiger partial charge < -0.3 is 4.74 Å². The smallest absolute Gasteiger partial charge is 0.415 e. The zero-order valence-electron chi connectivity index (χ0n) is 10.6. The summed E-state index contributed by atoms with van der Waals surface area (Å²) in [5.74, 6) is 0.466. The molecule has 0 N–H and O–H groups in total. The molecule has 1 aliphatic heterocycles. The Morgan fingerprint density at radius 2 is 2.10 bits per heavy atom. The topological polar surface area (TPSA) is 55.3 Å². The number of ether oxygens (including phenoxy) is 1. The van der Waals surface area contributed by atoms with Gasteiger partial charge >= 0.3 is 6.09 Å². The molecule has 1 aliphatic rings. The number of carbonyl (C=O) groups excluding carboxylic acids is 1. The number of hydrogen-bond acceptors (Lipinski definition) is 4. The van der Waals surface area contributed by atoms with Crippen LogP contribution in [0.4, 0.5) is 10.6 Å². The maximum absolute atomic E-state index is 11.9. The first-order chi connectivity index (χ1) is 9.74. The molecule has 1 atom stereocenters. The van der Waals surface area contributed by atoms with E-state index in [-0.39, 0.29) is 11.3 Å². The third-order valence-corrected chi connectivity index (χ3v) is 3.32. The Morgan fingerprint density at radius 3 is 2.85 bits per heavy atom. The van der Waals surface area contributed by atoms with Crippen LogP contribution in [-0.4, -0.2) is 28.7 Å². The second-order valence-corrected chi connectivity index (χ2v) is 4.81. The molecule has 20 heavy (non-hydrogen) atoms. The normalized spacial score (nSPS) is 18.1. The first-order valence-corrected chi connectivity index (χ1v) is 6.60. The van der Waals surface area contributed by atoms with E-state index < -0.39 is 6.09 Å². The van der Waals surface area contributed by atoms with E-state index in [0.717, 1.165) is 5.56 Å². The molecule has 2 heterocycles. The van der Waals surface area contributed by atoms with Crippen molar-refractivity contribution in [3.8, 4) is 0 Å². The highest BCUT2D eigenvalue weighted by molar-refractivity contribution is 6.28. The first-order valence-electron chi connectivity index (χ1n) is 6.22. The zero-order valence-corrected chi connectivity index (χ0v) is 11.3. The van der Waals surface area contributed by atoms with Crippen molar-refractivity contribution < 1.29 is 9.53 Å². The Balaban J connectivity index is 1.85. The van der Waals surface area contributed by atoms with Crippen LogP contribution in [0.3, 0.4) is 0 Å². The summed E-state index contributed by atoms with van der Waals surface area (Å²) < 4.78 is 5.13. The van der Waals surface area contributed by atoms with Crippen molar-refractivity contribution in [3.63, 3.8) is 0 Å². The van der Waals surface area contributed by atoms with Gasteiger partial charge in [0, 0.05) is 6.20 Å². The largest absolute Gasteiger partial charge is 0.447 e. The highest BCUT2D eigenvalue weighted by Crippen LogP contribution is 2.24. The minimum Gasteiger partial charge on any atom is -0.447 e. The molecular weight excluding hydrogens is 278 g/mol. The Labute approximate surface area is 121 Å². The van der Waals surface area contributed by atoms with Crippen molar-refractivity contribution in [1.29, 1.82) is 0 Å². The van der Waals surface area contributed by atoms with E-state index in [1.165, 1.54) is 11.1 Å². The lowest BCUT2D eigenvalue weighted by Crippen LogP contribution is -2.35. The molecule has 6 heteroatoms. The lowest BCUT2D eigenvalue weighted by molar-refractivity contribution is 0.178. The number of cyclic esters (lactones) is 1. The second kappa shape index (κ2) is 5.46. The highest BCUT2D eigenvalue weighted by atomic mass is 35.5. The molecule has 1 amide bonds. The molecule has 3 rings (SSSR count). The molecule has 2 aromatic rings. The molecule has 102 valence electrons. The fourth-order valence-electron chi connectivity index (χ4n) is 2.24. The van der Waals surface area contributed by atoms with Crippen LogP contribution in [0.2, 0.25) is 5.28 Å². The van der Waals surface area contributed by atoms with E-state index in [1.807, 2.05) is 30.3 Å². The van der Waals surface area contributed by atoms with Gasteiger partial charge in [-0.3, -0.25) is 4.90 Å².